The van der Waals surface area contributed by atoms with Gasteiger partial charge in [-0.3, -0.25) is 43.2 Å². The SMILES string of the molecule is CC[C@H](C)[C@H](NC(=O)CNC(=O)[C@@H](NC(=O)[C@H](CCCCN)NC(=O)[C@@H](N)CC(=O)O)C(C)C)C(=O)N[C@@H](CC(N)=O)C(=O)N[C@@H](Cc1ccc(O)cc1)C(=O)N[C@@H](Cc1c[nH]c2ccccc12)C(=O)O. The number of amides is 8. The Balaban J connectivity index is 1.77. The summed E-state index contributed by atoms with van der Waals surface area (Å²) < 4.78 is 0. The second kappa shape index (κ2) is 28.2. The van der Waals surface area contributed by atoms with Gasteiger partial charge >= 0.3 is 11.9 Å². The number of nitrogens with two attached hydrogens (primary N) is 3. The number of hydrogen-bond donors (Lipinski definition) is 14. The van der Waals surface area contributed by atoms with Crippen LogP contribution in [0.4, 0.5) is 0 Å². The first-order valence-electron chi connectivity index (χ1n) is 23.1. The second-order valence-corrected chi connectivity index (χ2v) is 17.6. The molecular formula is C47H67N11O13. The van der Waals surface area contributed by atoms with E-state index in [1.807, 2.05) is 0 Å². The number of fused-ring (bicyclic) bond motifs is 1. The molecule has 1 aromatic heterocycles. The van der Waals surface area contributed by atoms with Gasteiger partial charge in [-0.25, -0.2) is 4.79 Å². The molecule has 1 heterocycles. The van der Waals surface area contributed by atoms with E-state index in [1.54, 1.807) is 58.2 Å². The summed E-state index contributed by atoms with van der Waals surface area (Å²) in [4.78, 5) is 134. The number of hydrogen-bond acceptors (Lipinski definition) is 13. The lowest BCUT2D eigenvalue weighted by molar-refractivity contribution is -0.142. The molecule has 24 nitrogen and oxygen atoms in total. The Kier molecular flexibility index (Phi) is 22.9. The third-order valence-electron chi connectivity index (χ3n) is 11.6. The maximum Gasteiger partial charge on any atom is 0.326 e. The van der Waals surface area contributed by atoms with Crippen molar-refractivity contribution >= 4 is 70.1 Å². The quantitative estimate of drug-likeness (QED) is 0.0330. The molecule has 0 fully saturated rings. The van der Waals surface area contributed by atoms with Crippen LogP contribution in [0, 0.1) is 11.8 Å². The summed E-state index contributed by atoms with van der Waals surface area (Å²) >= 11 is 0. The minimum atomic E-state index is -1.72. The van der Waals surface area contributed by atoms with Gasteiger partial charge in [-0.05, 0) is 67.0 Å². The highest BCUT2D eigenvalue weighted by Gasteiger charge is 2.35. The monoisotopic (exact) mass is 993 g/mol. The van der Waals surface area contributed by atoms with Gasteiger partial charge in [0.15, 0.2) is 0 Å². The topological polar surface area (TPSA) is 409 Å². The van der Waals surface area contributed by atoms with E-state index in [9.17, 15) is 58.2 Å². The first-order chi connectivity index (χ1) is 33.5. The van der Waals surface area contributed by atoms with E-state index in [1.165, 1.54) is 24.3 Å². The normalized spacial score (nSPS) is 14.5. The molecule has 24 heteroatoms. The first-order valence-corrected chi connectivity index (χ1v) is 23.1. The van der Waals surface area contributed by atoms with Gasteiger partial charge in [0.25, 0.3) is 0 Å². The highest BCUT2D eigenvalue weighted by Crippen LogP contribution is 2.20. The number of rotatable bonds is 30. The summed E-state index contributed by atoms with van der Waals surface area (Å²) in [7, 11) is 0. The number of nitrogens with one attached hydrogen (secondary N) is 8. The number of carboxylic acids is 2. The Morgan fingerprint density at radius 2 is 1.27 bits per heavy atom. The van der Waals surface area contributed by atoms with Crippen LogP contribution in [0.2, 0.25) is 0 Å². The van der Waals surface area contributed by atoms with E-state index >= 15 is 0 Å². The van der Waals surface area contributed by atoms with Crippen molar-refractivity contribution in [3.05, 3.63) is 65.9 Å². The van der Waals surface area contributed by atoms with Crippen LogP contribution in [-0.2, 0) is 60.8 Å². The third kappa shape index (κ3) is 18.7. The molecule has 388 valence electrons. The number of aromatic nitrogens is 1. The number of para-hydroxylation sites is 1. The van der Waals surface area contributed by atoms with Gasteiger partial charge in [0.05, 0.1) is 25.4 Å². The zero-order valence-corrected chi connectivity index (χ0v) is 40.1. The predicted octanol–water partition coefficient (Wildman–Crippen LogP) is -1.72. The van der Waals surface area contributed by atoms with Crippen molar-refractivity contribution in [1.82, 2.24) is 42.2 Å². The fraction of sp³-hybridized carbons (Fsp3) is 0.489. The van der Waals surface area contributed by atoms with E-state index in [2.05, 4.69) is 42.2 Å². The molecule has 0 spiro atoms. The van der Waals surface area contributed by atoms with Gasteiger partial charge in [0, 0.05) is 29.9 Å². The van der Waals surface area contributed by atoms with Crippen LogP contribution in [0.1, 0.15) is 77.3 Å². The molecule has 0 aliphatic carbocycles. The zero-order valence-electron chi connectivity index (χ0n) is 40.1. The van der Waals surface area contributed by atoms with Crippen LogP contribution in [0.5, 0.6) is 5.75 Å². The summed E-state index contributed by atoms with van der Waals surface area (Å²) in [6.07, 6.45) is 1.06. The lowest BCUT2D eigenvalue weighted by Gasteiger charge is -2.28. The molecule has 71 heavy (non-hydrogen) atoms. The van der Waals surface area contributed by atoms with Crippen molar-refractivity contribution in [2.75, 3.05) is 13.1 Å². The van der Waals surface area contributed by atoms with E-state index in [0.29, 0.717) is 36.9 Å². The number of carboxylic acid groups (broad SMARTS) is 2. The number of unbranched alkanes of at least 4 members (excludes halogenated alkanes) is 1. The molecule has 0 saturated carbocycles. The summed E-state index contributed by atoms with van der Waals surface area (Å²) in [5, 5.41) is 47.1. The minimum Gasteiger partial charge on any atom is -0.508 e. The van der Waals surface area contributed by atoms with E-state index in [4.69, 9.17) is 22.3 Å². The maximum atomic E-state index is 14.0. The largest absolute Gasteiger partial charge is 0.508 e. The number of carbonyl (C=O) groups is 10. The third-order valence-corrected chi connectivity index (χ3v) is 11.6. The highest BCUT2D eigenvalue weighted by molar-refractivity contribution is 5.98. The summed E-state index contributed by atoms with van der Waals surface area (Å²) in [5.74, 6) is -11.3. The summed E-state index contributed by atoms with van der Waals surface area (Å²) in [5.41, 5.74) is 18.5. The molecule has 0 unspecified atom stereocenters. The Labute approximate surface area is 409 Å². The van der Waals surface area contributed by atoms with Gasteiger partial charge in [-0.15, -0.1) is 0 Å². The van der Waals surface area contributed by atoms with Crippen LogP contribution < -0.4 is 54.4 Å². The molecule has 0 bridgehead atoms. The molecule has 3 rings (SSSR count). The molecule has 8 amide bonds. The lowest BCUT2D eigenvalue weighted by atomic mass is 9.97. The van der Waals surface area contributed by atoms with Crippen LogP contribution >= 0.6 is 0 Å². The fourth-order valence-electron chi connectivity index (χ4n) is 7.33. The van der Waals surface area contributed by atoms with Crippen molar-refractivity contribution in [1.29, 1.82) is 0 Å². The highest BCUT2D eigenvalue weighted by atomic mass is 16.4. The van der Waals surface area contributed by atoms with Crippen LogP contribution in [0.15, 0.2) is 54.7 Å². The molecule has 2 aromatic carbocycles. The Morgan fingerprint density at radius 1 is 0.662 bits per heavy atom. The number of aromatic amines is 1. The number of benzene rings is 2. The number of aromatic hydroxyl groups is 1. The van der Waals surface area contributed by atoms with Crippen molar-refractivity contribution in [3.63, 3.8) is 0 Å². The Hall–Kier alpha value is -7.60. The van der Waals surface area contributed by atoms with Crippen molar-refractivity contribution < 1.29 is 63.3 Å². The molecule has 0 radical (unpaired) electrons. The molecule has 0 aliphatic rings. The Bertz CT molecular complexity index is 2360. The van der Waals surface area contributed by atoms with Crippen LogP contribution in [0.25, 0.3) is 10.9 Å². The maximum absolute atomic E-state index is 14.0. The summed E-state index contributed by atoms with van der Waals surface area (Å²) in [6, 6.07) is 2.82. The van der Waals surface area contributed by atoms with Crippen molar-refractivity contribution in [3.8, 4) is 5.75 Å². The molecule has 3 aromatic rings. The van der Waals surface area contributed by atoms with Gasteiger partial charge in [0.2, 0.25) is 47.3 Å². The molecule has 0 aliphatic heterocycles. The lowest BCUT2D eigenvalue weighted by Crippen LogP contribution is -2.60. The Morgan fingerprint density at radius 3 is 1.87 bits per heavy atom. The van der Waals surface area contributed by atoms with Gasteiger partial charge < -0.3 is 74.7 Å². The molecular weight excluding hydrogens is 927 g/mol. The summed E-state index contributed by atoms with van der Waals surface area (Å²) in [6.45, 7) is 6.13. The van der Waals surface area contributed by atoms with Crippen molar-refractivity contribution in [2.45, 2.75) is 121 Å². The van der Waals surface area contributed by atoms with Crippen molar-refractivity contribution in [2.24, 2.45) is 29.0 Å². The minimum absolute atomic E-state index is 0.0838. The molecule has 0 saturated heterocycles. The number of carbonyl (C=O) groups excluding carboxylic acids is 8. The number of primary amides is 1. The van der Waals surface area contributed by atoms with Gasteiger partial charge in [-0.1, -0.05) is 64.4 Å². The van der Waals surface area contributed by atoms with Crippen LogP contribution in [-0.4, -0.2) is 135 Å². The van der Waals surface area contributed by atoms with Crippen LogP contribution in [0.3, 0.4) is 0 Å². The van der Waals surface area contributed by atoms with E-state index in [-0.39, 0.29) is 25.0 Å². The average molecular weight is 994 g/mol. The number of phenols is 1. The molecule has 8 atom stereocenters. The molecule has 17 N–H and O–H groups in total. The second-order valence-electron chi connectivity index (χ2n) is 17.6. The number of phenolic OH excluding ortho intramolecular Hbond substituents is 1. The van der Waals surface area contributed by atoms with E-state index < -0.39 is 133 Å². The smallest absolute Gasteiger partial charge is 0.326 e. The first kappa shape index (κ1) is 57.7. The zero-order chi connectivity index (χ0) is 52.9. The standard InChI is InChI=1S/C47H67N11O13/c1-5-25(4)40(57-37(61)23-52-45(68)39(24(2)3)58-42(65)32(12-8-9-17-48)53-41(64)30(49)20-38(62)63)46(69)55-34(21-36(50)60)44(67)54-33(18-26-13-15-28(59)16-14-26)43(66)56-35(47(70)71)19-27-22-51-31-11-7-6-10-29(27)31/h6-7,10-11,13-16,22,24-25,30,32-35,39-40,51,59H,5,8-9,12,17-21,23,48-49H2,1-4H3,(H2,50,60)(H,52,68)(H,53,64)(H,54,67)(H,55,69)(H,56,66)(H,57,61)(H,58,65)(H,62,63)(H,70,71)/t25-,30-,32-,33-,34-,35-,39-,40-/m0/s1. The van der Waals surface area contributed by atoms with Gasteiger partial charge in [0.1, 0.15) is 42.0 Å². The average Bonchev–Trinajstić information content (AvgIpc) is 3.72. The van der Waals surface area contributed by atoms with Gasteiger partial charge in [-0.2, -0.15) is 0 Å². The number of aliphatic carboxylic acids is 2. The predicted molar refractivity (Wildman–Crippen MR) is 257 cm³/mol. The fourth-order valence-corrected chi connectivity index (χ4v) is 7.33. The number of H-pyrrole nitrogens is 1. The van der Waals surface area contributed by atoms with E-state index in [0.717, 1.165) is 10.9 Å².